The van der Waals surface area contributed by atoms with Gasteiger partial charge in [0.25, 0.3) is 7.82 Å². The molecule has 0 aromatic carbocycles. The zero-order chi connectivity index (χ0) is 48.9. The number of likely N-dealkylation sites (N-methyl/N-ethyl adjacent to an activating group) is 1. The maximum atomic E-state index is 14.1. The van der Waals surface area contributed by atoms with Crippen molar-refractivity contribution in [2.24, 2.45) is 0 Å². The number of hydrogen-bond donors (Lipinski definition) is 2. The quantitative estimate of drug-likeness (QED) is 0.0266. The van der Waals surface area contributed by atoms with Gasteiger partial charge in [0.15, 0.2) is 11.6 Å². The average Bonchev–Trinajstić information content (AvgIpc) is 3.28. The molecule has 0 aromatic rings. The Morgan fingerprint density at radius 3 is 0.909 bits per heavy atom. The van der Waals surface area contributed by atoms with Gasteiger partial charge in [-0.3, -0.25) is 18.7 Å². The molecular weight excluding hydrogens is 846 g/mol. The minimum Gasteiger partial charge on any atom is -0.756 e. The van der Waals surface area contributed by atoms with Gasteiger partial charge in [0.2, 0.25) is 5.60 Å². The van der Waals surface area contributed by atoms with Crippen LogP contribution < -0.4 is 4.89 Å². The molecule has 2 N–H and O–H groups in total. The second-order valence-corrected chi connectivity index (χ2v) is 22.8. The highest BCUT2D eigenvalue weighted by atomic mass is 31.2. The third kappa shape index (κ3) is 41.1. The molecule has 0 saturated heterocycles. The molecule has 394 valence electrons. The maximum Gasteiger partial charge on any atom is 0.269 e. The van der Waals surface area contributed by atoms with Gasteiger partial charge in [0.05, 0.1) is 34.4 Å². The molecule has 9 nitrogen and oxygen atoms in total. The lowest BCUT2D eigenvalue weighted by Crippen LogP contribution is -2.60. The highest BCUT2D eigenvalue weighted by molar-refractivity contribution is 7.46. The first-order valence-electron chi connectivity index (χ1n) is 28.7. The van der Waals surface area contributed by atoms with Crippen LogP contribution >= 0.6 is 7.82 Å². The van der Waals surface area contributed by atoms with Gasteiger partial charge in [-0.1, -0.05) is 271 Å². The van der Waals surface area contributed by atoms with Crippen molar-refractivity contribution in [3.8, 4) is 0 Å². The van der Waals surface area contributed by atoms with Gasteiger partial charge in [-0.15, -0.1) is 0 Å². The Morgan fingerprint density at radius 1 is 0.470 bits per heavy atom. The topological polar surface area (TPSA) is 133 Å². The molecule has 0 rings (SSSR count). The molecule has 0 aromatic heterocycles. The third-order valence-corrected chi connectivity index (χ3v) is 14.5. The molecule has 0 aliphatic rings. The monoisotopic (exact) mass is 958 g/mol. The van der Waals surface area contributed by atoms with Crippen LogP contribution in [-0.4, -0.2) is 78.9 Å². The molecule has 0 amide bonds. The number of phosphoric ester groups is 1. The summed E-state index contributed by atoms with van der Waals surface area (Å²) in [6.45, 7) is 2.99. The standard InChI is InChI=1S/C56H112NO8P/c1-6-8-10-12-14-16-18-20-22-24-26-28-30-32-34-36-38-40-42-44-46-48-54(60)56(52-57(3,4)5,65-66(62,63)64-51-53(59)50-58)55(61)49-47-45-43-41-39-37-35-33-31-29-27-25-23-21-19-17-15-13-11-9-7-2/h53,58-59H,6-52H2,1-5H3/t53-/m1/s1. The van der Waals surface area contributed by atoms with Crippen LogP contribution in [0.2, 0.25) is 0 Å². The van der Waals surface area contributed by atoms with E-state index in [1.54, 1.807) is 0 Å². The smallest absolute Gasteiger partial charge is 0.269 e. The molecule has 1 unspecified atom stereocenters. The average molecular weight is 958 g/mol. The molecule has 66 heavy (non-hydrogen) atoms. The van der Waals surface area contributed by atoms with Crippen molar-refractivity contribution < 1.29 is 42.8 Å². The van der Waals surface area contributed by atoms with Crippen LogP contribution in [-0.2, 0) is 23.2 Å². The van der Waals surface area contributed by atoms with E-state index in [9.17, 15) is 29.3 Å². The van der Waals surface area contributed by atoms with E-state index in [-0.39, 0.29) is 23.9 Å². The predicted molar refractivity (Wildman–Crippen MR) is 278 cm³/mol. The Kier molecular flexibility index (Phi) is 45.0. The Bertz CT molecular complexity index is 1070. The summed E-state index contributed by atoms with van der Waals surface area (Å²) in [6.07, 6.45) is 51.6. The van der Waals surface area contributed by atoms with Gasteiger partial charge >= 0.3 is 0 Å². The predicted octanol–water partition coefficient (Wildman–Crippen LogP) is 15.6. The number of unbranched alkanes of at least 4 members (excludes halogenated alkanes) is 40. The van der Waals surface area contributed by atoms with E-state index in [0.717, 1.165) is 38.5 Å². The number of ketones is 2. The first kappa shape index (κ1) is 65.3. The van der Waals surface area contributed by atoms with Crippen LogP contribution in [0.4, 0.5) is 0 Å². The summed E-state index contributed by atoms with van der Waals surface area (Å²) in [5, 5.41) is 19.0. The van der Waals surface area contributed by atoms with Crippen molar-refractivity contribution in [1.82, 2.24) is 0 Å². The first-order chi connectivity index (χ1) is 31.8. The Labute approximate surface area is 409 Å². The van der Waals surface area contributed by atoms with Crippen molar-refractivity contribution in [3.63, 3.8) is 0 Å². The van der Waals surface area contributed by atoms with Crippen LogP contribution in [0.5, 0.6) is 0 Å². The van der Waals surface area contributed by atoms with E-state index >= 15 is 0 Å². The largest absolute Gasteiger partial charge is 0.756 e. The molecule has 0 aliphatic heterocycles. The van der Waals surface area contributed by atoms with Gasteiger partial charge < -0.3 is 24.1 Å². The summed E-state index contributed by atoms with van der Waals surface area (Å²) in [7, 11) is 0.213. The highest BCUT2D eigenvalue weighted by Crippen LogP contribution is 2.45. The Morgan fingerprint density at radius 2 is 0.697 bits per heavy atom. The number of Topliss-reactive ketones (excluding diaryl/α,β-unsaturated/α-hetero) is 2. The molecule has 0 bridgehead atoms. The number of rotatable bonds is 54. The molecule has 0 heterocycles. The van der Waals surface area contributed by atoms with Gasteiger partial charge in [-0.25, -0.2) is 0 Å². The van der Waals surface area contributed by atoms with Crippen molar-refractivity contribution in [2.75, 3.05) is 40.9 Å². The van der Waals surface area contributed by atoms with E-state index in [4.69, 9.17) is 9.05 Å². The molecule has 0 aliphatic carbocycles. The molecule has 0 saturated carbocycles. The molecule has 0 radical (unpaired) electrons. The zero-order valence-electron chi connectivity index (χ0n) is 44.5. The SMILES string of the molecule is CCCCCCCCCCCCCCCCCCCCCCCC(=O)C(C[N+](C)(C)C)(OP(=O)([O-])OC[C@H](O)CO)C(=O)CCCCCCCCCCCCCCCCCCCCCCC. The van der Waals surface area contributed by atoms with Crippen LogP contribution in [0.25, 0.3) is 0 Å². The van der Waals surface area contributed by atoms with Gasteiger partial charge in [-0.2, -0.15) is 0 Å². The van der Waals surface area contributed by atoms with Crippen LogP contribution in [0.15, 0.2) is 0 Å². The summed E-state index contributed by atoms with van der Waals surface area (Å²) >= 11 is 0. The lowest BCUT2D eigenvalue weighted by Gasteiger charge is -2.40. The van der Waals surface area contributed by atoms with E-state index < -0.39 is 44.3 Å². The molecule has 0 fully saturated rings. The summed E-state index contributed by atoms with van der Waals surface area (Å²) in [6, 6.07) is 0. The number of hydrogen-bond acceptors (Lipinski definition) is 8. The molecule has 10 heteroatoms. The van der Waals surface area contributed by atoms with Crippen molar-refractivity contribution in [1.29, 1.82) is 0 Å². The second-order valence-electron chi connectivity index (χ2n) is 21.4. The normalized spacial score (nSPS) is 13.6. The zero-order valence-corrected chi connectivity index (χ0v) is 45.4. The van der Waals surface area contributed by atoms with E-state index in [1.807, 2.05) is 21.1 Å². The van der Waals surface area contributed by atoms with Crippen LogP contribution in [0.3, 0.4) is 0 Å². The number of carbonyl (C=O) groups is 2. The van der Waals surface area contributed by atoms with Gasteiger partial charge in [0.1, 0.15) is 12.6 Å². The third-order valence-electron chi connectivity index (χ3n) is 13.5. The maximum absolute atomic E-state index is 14.1. The lowest BCUT2D eigenvalue weighted by atomic mass is 9.86. The number of carbonyl (C=O) groups excluding carboxylic acids is 2. The van der Waals surface area contributed by atoms with Gasteiger partial charge in [-0.05, 0) is 12.8 Å². The summed E-state index contributed by atoms with van der Waals surface area (Å²) < 4.78 is 23.8. The number of quaternary nitrogens is 1. The Hall–Kier alpha value is -0.670. The van der Waals surface area contributed by atoms with Crippen LogP contribution in [0, 0.1) is 0 Å². The first-order valence-corrected chi connectivity index (χ1v) is 30.1. The fourth-order valence-electron chi connectivity index (χ4n) is 9.42. The Balaban J connectivity index is 4.61. The molecular formula is C56H112NO8P. The number of phosphoric acid groups is 1. The number of aliphatic hydroxyl groups excluding tert-OH is 2. The van der Waals surface area contributed by atoms with E-state index in [2.05, 4.69) is 13.8 Å². The van der Waals surface area contributed by atoms with Crippen molar-refractivity contribution >= 4 is 19.4 Å². The summed E-state index contributed by atoms with van der Waals surface area (Å²) in [5.41, 5.74) is -2.21. The highest BCUT2D eigenvalue weighted by Gasteiger charge is 2.52. The second kappa shape index (κ2) is 45.5. The fourth-order valence-corrected chi connectivity index (χ4v) is 10.5. The molecule has 0 spiro atoms. The van der Waals surface area contributed by atoms with E-state index in [1.165, 1.54) is 218 Å². The summed E-state index contributed by atoms with van der Waals surface area (Å²) in [4.78, 5) is 41.4. The number of nitrogens with zero attached hydrogens (tertiary/aromatic N) is 1. The molecule has 2 atom stereocenters. The summed E-state index contributed by atoms with van der Waals surface area (Å²) in [5.74, 6) is -1.05. The van der Waals surface area contributed by atoms with Gasteiger partial charge in [0, 0.05) is 12.8 Å². The minimum atomic E-state index is -5.21. The van der Waals surface area contributed by atoms with E-state index in [0.29, 0.717) is 12.8 Å². The number of aliphatic hydroxyl groups is 2. The lowest BCUT2D eigenvalue weighted by molar-refractivity contribution is -0.874. The minimum absolute atomic E-state index is 0.0450. The van der Waals surface area contributed by atoms with Crippen molar-refractivity contribution in [2.45, 2.75) is 308 Å². The van der Waals surface area contributed by atoms with Crippen LogP contribution in [0.1, 0.15) is 296 Å². The van der Waals surface area contributed by atoms with Crippen molar-refractivity contribution in [3.05, 3.63) is 0 Å². The fraction of sp³-hybridized carbons (Fsp3) is 0.964.